The van der Waals surface area contributed by atoms with Gasteiger partial charge in [-0.3, -0.25) is 24.1 Å². The number of hydrogen-bond donors (Lipinski definition) is 5. The number of nitrogens with zero attached hydrogens (tertiary/aromatic N) is 1. The summed E-state index contributed by atoms with van der Waals surface area (Å²) in [5.74, 6) is -10.7. The Kier molecular flexibility index (Phi) is 6.26. The van der Waals surface area contributed by atoms with Crippen molar-refractivity contribution < 1.29 is 42.6 Å². The maximum absolute atomic E-state index is 14.6. The van der Waals surface area contributed by atoms with E-state index in [2.05, 4.69) is 5.32 Å². The molecule has 1 aromatic carbocycles. The summed E-state index contributed by atoms with van der Waals surface area (Å²) in [5, 5.41) is 34.3. The second kappa shape index (κ2) is 9.17. The molecule has 6 rings (SSSR count). The van der Waals surface area contributed by atoms with E-state index in [0.29, 0.717) is 19.4 Å². The predicted octanol–water partition coefficient (Wildman–Crippen LogP) is 1.29. The number of Topliss-reactive ketones (excluding diaryl/α,β-unsaturated/α-hetero) is 3. The molecule has 0 radical (unpaired) electrons. The number of halogens is 3. The molecule has 6 N–H and O–H groups in total. The Labute approximate surface area is 232 Å². The predicted molar refractivity (Wildman–Crippen MR) is 136 cm³/mol. The summed E-state index contributed by atoms with van der Waals surface area (Å²) >= 11 is 0. The smallest absolute Gasteiger partial charge is 0.417 e. The molecule has 0 aromatic heterocycles. The van der Waals surface area contributed by atoms with E-state index >= 15 is 0 Å². The lowest BCUT2D eigenvalue weighted by atomic mass is 9.52. The number of phenolic OH excluding ortho intramolecular Hbond substituents is 1. The molecule has 1 heterocycles. The van der Waals surface area contributed by atoms with Crippen LogP contribution in [-0.2, 0) is 27.0 Å². The van der Waals surface area contributed by atoms with Crippen molar-refractivity contribution in [1.29, 1.82) is 5.41 Å². The van der Waals surface area contributed by atoms with Gasteiger partial charge in [-0.05, 0) is 75.2 Å². The van der Waals surface area contributed by atoms with Crippen molar-refractivity contribution in [2.75, 3.05) is 13.6 Å². The highest BCUT2D eigenvalue weighted by atomic mass is 19.4. The van der Waals surface area contributed by atoms with Gasteiger partial charge in [0.1, 0.15) is 11.7 Å². The number of amides is 1. The summed E-state index contributed by atoms with van der Waals surface area (Å²) in [6.07, 6.45) is -2.98. The topological polar surface area (TPSA) is 174 Å². The first-order valence-corrected chi connectivity index (χ1v) is 13.8. The molecule has 1 amide bonds. The summed E-state index contributed by atoms with van der Waals surface area (Å²) in [4.78, 5) is 55.3. The number of aliphatic hydroxyl groups is 1. The van der Waals surface area contributed by atoms with Gasteiger partial charge in [0.05, 0.1) is 28.8 Å². The Morgan fingerprint density at radius 3 is 2.46 bits per heavy atom. The SMILES string of the molecule is CN(C1CC1)C1C(=O)C(C(N)=O)C(=N)C2(O)C(=O)C3C(=O)c4c(O)cc(C5CCCN5)c(C(F)(F)F)c4CC3CC12. The number of aromatic hydroxyl groups is 1. The lowest BCUT2D eigenvalue weighted by Crippen LogP contribution is -2.74. The lowest BCUT2D eigenvalue weighted by Gasteiger charge is -2.54. The fourth-order valence-corrected chi connectivity index (χ4v) is 7.90. The van der Waals surface area contributed by atoms with Crippen LogP contribution in [0.3, 0.4) is 0 Å². The quantitative estimate of drug-likeness (QED) is 0.334. The normalized spacial score (nSPS) is 35.4. The van der Waals surface area contributed by atoms with Gasteiger partial charge in [0.2, 0.25) is 5.91 Å². The van der Waals surface area contributed by atoms with Crippen LogP contribution in [-0.4, -0.2) is 75.4 Å². The number of ketones is 3. The number of rotatable bonds is 4. The van der Waals surface area contributed by atoms with Crippen molar-refractivity contribution >= 4 is 29.0 Å². The molecule has 1 aromatic rings. The summed E-state index contributed by atoms with van der Waals surface area (Å²) in [7, 11) is 1.60. The van der Waals surface area contributed by atoms with Gasteiger partial charge >= 0.3 is 6.18 Å². The Morgan fingerprint density at radius 1 is 1.22 bits per heavy atom. The van der Waals surface area contributed by atoms with Crippen LogP contribution in [0.5, 0.6) is 5.75 Å². The monoisotopic (exact) mass is 576 g/mol. The first kappa shape index (κ1) is 28.0. The highest BCUT2D eigenvalue weighted by Crippen LogP contribution is 2.54. The van der Waals surface area contributed by atoms with Gasteiger partial charge in [0.25, 0.3) is 0 Å². The third kappa shape index (κ3) is 3.92. The molecule has 3 saturated carbocycles. The zero-order valence-corrected chi connectivity index (χ0v) is 22.3. The maximum atomic E-state index is 14.6. The number of hydrogen-bond acceptors (Lipinski definition) is 9. The summed E-state index contributed by atoms with van der Waals surface area (Å²) in [6, 6.07) is -1.03. The van der Waals surface area contributed by atoms with E-state index < -0.39 is 105 Å². The second-order valence-corrected chi connectivity index (χ2v) is 12.1. The minimum atomic E-state index is -4.86. The number of benzene rings is 1. The molecule has 41 heavy (non-hydrogen) atoms. The van der Waals surface area contributed by atoms with Gasteiger partial charge < -0.3 is 26.7 Å². The fourth-order valence-electron chi connectivity index (χ4n) is 7.90. The highest BCUT2D eigenvalue weighted by Gasteiger charge is 2.68. The average molecular weight is 577 g/mol. The summed E-state index contributed by atoms with van der Waals surface area (Å²) < 4.78 is 43.8. The van der Waals surface area contributed by atoms with Gasteiger partial charge in [-0.1, -0.05) is 0 Å². The van der Waals surface area contributed by atoms with Gasteiger partial charge in [-0.25, -0.2) is 0 Å². The molecule has 0 bridgehead atoms. The van der Waals surface area contributed by atoms with Crippen LogP contribution in [0.1, 0.15) is 65.2 Å². The lowest BCUT2D eigenvalue weighted by molar-refractivity contribution is -0.158. The molecule has 4 aliphatic carbocycles. The minimum Gasteiger partial charge on any atom is -0.507 e. The first-order chi connectivity index (χ1) is 19.2. The maximum Gasteiger partial charge on any atom is 0.417 e. The number of nitrogens with one attached hydrogen (secondary N) is 2. The van der Waals surface area contributed by atoms with Crippen molar-refractivity contribution in [3.8, 4) is 5.75 Å². The molecule has 7 atom stereocenters. The van der Waals surface area contributed by atoms with Crippen LogP contribution in [0.15, 0.2) is 6.07 Å². The van der Waals surface area contributed by atoms with Crippen LogP contribution < -0.4 is 11.1 Å². The van der Waals surface area contributed by atoms with Crippen LogP contribution in [0.25, 0.3) is 0 Å². The molecule has 4 fully saturated rings. The minimum absolute atomic E-state index is 0.0780. The van der Waals surface area contributed by atoms with Crippen molar-refractivity contribution in [3.05, 3.63) is 28.3 Å². The summed E-state index contributed by atoms with van der Waals surface area (Å²) in [6.45, 7) is 0.500. The molecular formula is C28H31F3N4O6. The Hall–Kier alpha value is -3.16. The third-order valence-electron chi connectivity index (χ3n) is 9.88. The zero-order chi connectivity index (χ0) is 29.8. The number of fused-ring (bicyclic) bond motifs is 3. The first-order valence-electron chi connectivity index (χ1n) is 13.8. The van der Waals surface area contributed by atoms with Crippen LogP contribution in [0, 0.1) is 29.1 Å². The van der Waals surface area contributed by atoms with E-state index in [9.17, 15) is 42.6 Å². The number of alkyl halides is 3. The van der Waals surface area contributed by atoms with E-state index in [4.69, 9.17) is 11.1 Å². The molecule has 10 nitrogen and oxygen atoms in total. The highest BCUT2D eigenvalue weighted by molar-refractivity contribution is 6.33. The van der Waals surface area contributed by atoms with Crippen LogP contribution in [0.2, 0.25) is 0 Å². The number of carbonyl (C=O) groups excluding carboxylic acids is 4. The van der Waals surface area contributed by atoms with Crippen molar-refractivity contribution in [3.63, 3.8) is 0 Å². The molecule has 0 spiro atoms. The van der Waals surface area contributed by atoms with E-state index in [1.165, 1.54) is 0 Å². The third-order valence-corrected chi connectivity index (χ3v) is 9.88. The van der Waals surface area contributed by atoms with Crippen molar-refractivity contribution in [2.24, 2.45) is 29.4 Å². The number of likely N-dealkylation sites (N-methyl/N-ethyl adjacent to an activating group) is 1. The molecular weight excluding hydrogens is 545 g/mol. The van der Waals surface area contributed by atoms with E-state index in [1.807, 2.05) is 0 Å². The molecule has 1 aliphatic heterocycles. The number of nitrogens with two attached hydrogens (primary N) is 1. The molecule has 7 unspecified atom stereocenters. The van der Waals surface area contributed by atoms with Gasteiger partial charge in [0.15, 0.2) is 23.0 Å². The summed E-state index contributed by atoms with van der Waals surface area (Å²) in [5.41, 5.74) is -0.371. The van der Waals surface area contributed by atoms with Gasteiger partial charge in [-0.15, -0.1) is 0 Å². The van der Waals surface area contributed by atoms with Crippen molar-refractivity contribution in [2.45, 2.75) is 68.4 Å². The standard InChI is InChI=1S/C28H31F3N4O6/c1-35(11-4-5-11)21-14-8-10-7-13-18(16(36)9-12(15-3-2-6-34-15)20(13)28(29,30)31)22(37)17(10)25(39)27(14,41)24(32)19(23(21)38)26(33)40/h9-11,14-15,17,19,21,32,34,36,41H,2-8H2,1H3,(H2,33,40). The molecule has 5 aliphatic rings. The number of phenols is 1. The largest absolute Gasteiger partial charge is 0.507 e. The fraction of sp³-hybridized carbons (Fsp3) is 0.607. The zero-order valence-electron chi connectivity index (χ0n) is 22.3. The molecule has 13 heteroatoms. The Morgan fingerprint density at radius 2 is 1.90 bits per heavy atom. The van der Waals surface area contributed by atoms with Crippen LogP contribution in [0.4, 0.5) is 13.2 Å². The van der Waals surface area contributed by atoms with E-state index in [-0.39, 0.29) is 18.0 Å². The average Bonchev–Trinajstić information content (AvgIpc) is 3.58. The molecule has 1 saturated heterocycles. The number of primary amides is 1. The molecule has 220 valence electrons. The second-order valence-electron chi connectivity index (χ2n) is 12.1. The van der Waals surface area contributed by atoms with Gasteiger partial charge in [-0.2, -0.15) is 13.2 Å². The Bertz CT molecular complexity index is 1400. The number of carbonyl (C=O) groups is 4. The van der Waals surface area contributed by atoms with E-state index in [1.54, 1.807) is 11.9 Å². The van der Waals surface area contributed by atoms with Crippen molar-refractivity contribution in [1.82, 2.24) is 10.2 Å². The van der Waals surface area contributed by atoms with Crippen LogP contribution >= 0.6 is 0 Å². The van der Waals surface area contributed by atoms with Gasteiger partial charge in [0, 0.05) is 18.0 Å². The Balaban J connectivity index is 1.50. The van der Waals surface area contributed by atoms with E-state index in [0.717, 1.165) is 18.9 Å².